The molecule has 64 valence electrons. The largest absolute Gasteiger partial charge is 0.192 e. The lowest BCUT2D eigenvalue weighted by molar-refractivity contribution is 1.42. The molecule has 0 aliphatic carbocycles. The number of nitrogens with zero attached hydrogens (tertiary/aromatic N) is 1. The number of hydrogen-bond donors (Lipinski definition) is 1. The van der Waals surface area contributed by atoms with Gasteiger partial charge in [-0.1, -0.05) is 6.07 Å². The molecule has 2 aromatic rings. The second-order valence-electron chi connectivity index (χ2n) is 2.54. The first-order chi connectivity index (χ1) is 6.22. The maximum atomic E-state index is 8.93. The molecule has 1 nitrogen and oxygen atoms in total. The second-order valence-corrected chi connectivity index (χ2v) is 5.97. The minimum atomic E-state index is 0.689. The van der Waals surface area contributed by atoms with Crippen molar-refractivity contribution in [3.05, 3.63) is 26.6 Å². The van der Waals surface area contributed by atoms with Crippen molar-refractivity contribution >= 4 is 56.6 Å². The van der Waals surface area contributed by atoms with Crippen LogP contribution in [-0.4, -0.2) is 0 Å². The monoisotopic (exact) mass is 317 g/mol. The summed E-state index contributed by atoms with van der Waals surface area (Å²) in [5.41, 5.74) is 0.689. The summed E-state index contributed by atoms with van der Waals surface area (Å²) >= 11 is 8.14. The fourth-order valence-corrected chi connectivity index (χ4v) is 3.36. The summed E-state index contributed by atoms with van der Waals surface area (Å²) in [6, 6.07) is 8.13. The molecule has 1 aromatic heterocycles. The van der Waals surface area contributed by atoms with E-state index in [1.165, 1.54) is 2.88 Å². The van der Waals surface area contributed by atoms with E-state index in [0.29, 0.717) is 5.56 Å². The van der Waals surface area contributed by atoms with Gasteiger partial charge in [-0.3, -0.25) is 0 Å². The predicted octanol–water partition coefficient (Wildman–Crippen LogP) is 3.67. The number of fused-ring (bicyclic) bond motifs is 1. The van der Waals surface area contributed by atoms with Gasteiger partial charge in [-0.15, -0.1) is 24.0 Å². The van der Waals surface area contributed by atoms with Crippen LogP contribution in [0.4, 0.5) is 0 Å². The third kappa shape index (κ3) is 1.56. The van der Waals surface area contributed by atoms with Gasteiger partial charge >= 0.3 is 0 Å². The van der Waals surface area contributed by atoms with Crippen LogP contribution in [0.15, 0.2) is 23.1 Å². The fourth-order valence-electron chi connectivity index (χ4n) is 1.17. The number of benzene rings is 1. The van der Waals surface area contributed by atoms with Crippen molar-refractivity contribution < 1.29 is 0 Å². The summed E-state index contributed by atoms with van der Waals surface area (Å²) in [6.07, 6.45) is 0. The Hall–Kier alpha value is -0.250. The van der Waals surface area contributed by atoms with Crippen LogP contribution in [0.5, 0.6) is 0 Å². The maximum absolute atomic E-state index is 8.93. The van der Waals surface area contributed by atoms with Gasteiger partial charge in [-0.2, -0.15) is 5.26 Å². The lowest BCUT2D eigenvalue weighted by Crippen LogP contribution is -1.76. The molecule has 0 spiro atoms. The minimum Gasteiger partial charge on any atom is -0.192 e. The number of halogens is 1. The van der Waals surface area contributed by atoms with Gasteiger partial charge in [0.15, 0.2) is 0 Å². The zero-order valence-corrected chi connectivity index (χ0v) is 10.3. The van der Waals surface area contributed by atoms with Gasteiger partial charge in [0.05, 0.1) is 13.1 Å². The van der Waals surface area contributed by atoms with Crippen LogP contribution in [0.2, 0.25) is 0 Å². The first-order valence-corrected chi connectivity index (χ1v) is 5.87. The van der Waals surface area contributed by atoms with Gasteiger partial charge in [0, 0.05) is 4.90 Å². The van der Waals surface area contributed by atoms with E-state index in [1.54, 1.807) is 11.3 Å². The van der Waals surface area contributed by atoms with Crippen LogP contribution >= 0.6 is 46.6 Å². The zero-order chi connectivity index (χ0) is 9.42. The van der Waals surface area contributed by atoms with E-state index < -0.39 is 0 Å². The summed E-state index contributed by atoms with van der Waals surface area (Å²) in [4.78, 5) is 0.758. The van der Waals surface area contributed by atoms with Crippen molar-refractivity contribution in [2.45, 2.75) is 4.90 Å². The van der Waals surface area contributed by atoms with E-state index in [9.17, 15) is 0 Å². The average molecular weight is 317 g/mol. The van der Waals surface area contributed by atoms with E-state index in [-0.39, 0.29) is 0 Å². The van der Waals surface area contributed by atoms with Crippen molar-refractivity contribution in [3.63, 3.8) is 0 Å². The molecule has 0 unspecified atom stereocenters. The first-order valence-electron chi connectivity index (χ1n) is 3.53. The molecule has 0 atom stereocenters. The normalized spacial score (nSPS) is 10.2. The Morgan fingerprint density at radius 3 is 2.92 bits per heavy atom. The van der Waals surface area contributed by atoms with Gasteiger partial charge < -0.3 is 0 Å². The number of nitriles is 1. The first kappa shape index (κ1) is 9.31. The van der Waals surface area contributed by atoms with Crippen molar-refractivity contribution in [1.29, 1.82) is 5.26 Å². The predicted molar refractivity (Wildman–Crippen MR) is 66.5 cm³/mol. The molecule has 0 saturated heterocycles. The summed E-state index contributed by atoms with van der Waals surface area (Å²) < 4.78 is 2.24. The van der Waals surface area contributed by atoms with E-state index in [0.717, 1.165) is 15.0 Å². The molecule has 0 aliphatic rings. The molecule has 1 heterocycles. The molecule has 1 aromatic carbocycles. The lowest BCUT2D eigenvalue weighted by atomic mass is 10.2. The quantitative estimate of drug-likeness (QED) is 0.582. The molecule has 0 radical (unpaired) electrons. The van der Waals surface area contributed by atoms with Gasteiger partial charge in [-0.05, 0) is 40.1 Å². The Morgan fingerprint density at radius 1 is 1.46 bits per heavy atom. The van der Waals surface area contributed by atoms with Gasteiger partial charge in [0.1, 0.15) is 6.07 Å². The highest BCUT2D eigenvalue weighted by molar-refractivity contribution is 14.1. The highest BCUT2D eigenvalue weighted by atomic mass is 127. The number of thiol groups is 1. The number of thiophene rings is 1. The summed E-state index contributed by atoms with van der Waals surface area (Å²) in [6.45, 7) is 0. The molecular weight excluding hydrogens is 313 g/mol. The molecular formula is C9H4INS2. The van der Waals surface area contributed by atoms with Crippen LogP contribution in [0.1, 0.15) is 5.56 Å². The number of rotatable bonds is 0. The smallest absolute Gasteiger partial charge is 0.102 e. The van der Waals surface area contributed by atoms with Crippen LogP contribution in [-0.2, 0) is 0 Å². The van der Waals surface area contributed by atoms with E-state index in [4.69, 9.17) is 5.26 Å². The highest BCUT2D eigenvalue weighted by Gasteiger charge is 2.07. The maximum Gasteiger partial charge on any atom is 0.102 e. The Labute approximate surface area is 98.9 Å². The lowest BCUT2D eigenvalue weighted by Gasteiger charge is -1.95. The van der Waals surface area contributed by atoms with E-state index in [2.05, 4.69) is 47.4 Å². The number of hydrogen-bond acceptors (Lipinski definition) is 3. The Kier molecular flexibility index (Phi) is 2.49. The molecule has 0 bridgehead atoms. The standard InChI is InChI=1S/C9H4INS2/c10-8-3-5-1-2-7(12)6(4-11)9(5)13-8/h1-3,12H. The molecule has 0 fully saturated rings. The molecule has 4 heteroatoms. The van der Waals surface area contributed by atoms with Crippen LogP contribution in [0.25, 0.3) is 10.1 Å². The van der Waals surface area contributed by atoms with Crippen molar-refractivity contribution in [2.75, 3.05) is 0 Å². The van der Waals surface area contributed by atoms with Gasteiger partial charge in [0.2, 0.25) is 0 Å². The van der Waals surface area contributed by atoms with Crippen molar-refractivity contribution in [1.82, 2.24) is 0 Å². The topological polar surface area (TPSA) is 23.8 Å². The van der Waals surface area contributed by atoms with E-state index in [1.807, 2.05) is 12.1 Å². The van der Waals surface area contributed by atoms with Crippen LogP contribution < -0.4 is 0 Å². The fraction of sp³-hybridized carbons (Fsp3) is 0. The summed E-state index contributed by atoms with van der Waals surface area (Å²) in [5.74, 6) is 0. The molecule has 0 amide bonds. The molecule has 2 rings (SSSR count). The molecule has 0 saturated carbocycles. The Bertz CT molecular complexity index is 510. The molecule has 0 aliphatic heterocycles. The minimum absolute atomic E-state index is 0.689. The van der Waals surface area contributed by atoms with Gasteiger partial charge in [0.25, 0.3) is 0 Å². The summed E-state index contributed by atoms with van der Waals surface area (Å²) in [7, 11) is 0. The highest BCUT2D eigenvalue weighted by Crippen LogP contribution is 2.32. The van der Waals surface area contributed by atoms with Crippen molar-refractivity contribution in [2.24, 2.45) is 0 Å². The third-order valence-electron chi connectivity index (χ3n) is 1.75. The summed E-state index contributed by atoms with van der Waals surface area (Å²) in [5, 5.41) is 10.1. The SMILES string of the molecule is N#Cc1c(S)ccc2cc(I)sc12. The Morgan fingerprint density at radius 2 is 2.23 bits per heavy atom. The van der Waals surface area contributed by atoms with Crippen LogP contribution in [0.3, 0.4) is 0 Å². The zero-order valence-electron chi connectivity index (χ0n) is 6.41. The van der Waals surface area contributed by atoms with Gasteiger partial charge in [-0.25, -0.2) is 0 Å². The molecule has 0 N–H and O–H groups in total. The third-order valence-corrected chi connectivity index (χ3v) is 4.05. The van der Waals surface area contributed by atoms with E-state index >= 15 is 0 Å². The van der Waals surface area contributed by atoms with Crippen LogP contribution in [0, 0.1) is 14.2 Å². The Balaban J connectivity index is 2.93. The molecule has 13 heavy (non-hydrogen) atoms. The second kappa shape index (κ2) is 3.48. The van der Waals surface area contributed by atoms with Crippen molar-refractivity contribution in [3.8, 4) is 6.07 Å². The average Bonchev–Trinajstić information content (AvgIpc) is 2.45.